The van der Waals surface area contributed by atoms with Crippen LogP contribution in [0.25, 0.3) is 0 Å². The SMILES string of the molecule is C[C@H]1CC[C@H](Oc2cc(C#N)ccn2)CN1C(=O)c1ccccc1. The highest BCUT2D eigenvalue weighted by Crippen LogP contribution is 2.23. The summed E-state index contributed by atoms with van der Waals surface area (Å²) in [6.07, 6.45) is 3.18. The highest BCUT2D eigenvalue weighted by atomic mass is 16.5. The molecule has 3 rings (SSSR count). The third-order valence-corrected chi connectivity index (χ3v) is 4.27. The fraction of sp³-hybridized carbons (Fsp3) is 0.316. The molecule has 0 aliphatic carbocycles. The van der Waals surface area contributed by atoms with Crippen molar-refractivity contribution in [2.24, 2.45) is 0 Å². The fourth-order valence-corrected chi connectivity index (χ4v) is 2.91. The Labute approximate surface area is 141 Å². The molecule has 1 fully saturated rings. The summed E-state index contributed by atoms with van der Waals surface area (Å²) in [5.41, 5.74) is 1.20. The largest absolute Gasteiger partial charge is 0.472 e. The van der Waals surface area contributed by atoms with Crippen LogP contribution in [0.4, 0.5) is 0 Å². The molecule has 2 heterocycles. The molecule has 122 valence electrons. The molecule has 2 atom stereocenters. The van der Waals surface area contributed by atoms with E-state index in [1.807, 2.05) is 35.2 Å². The second kappa shape index (κ2) is 7.14. The van der Waals surface area contributed by atoms with Crippen LogP contribution in [0, 0.1) is 11.3 Å². The number of hydrogen-bond acceptors (Lipinski definition) is 4. The molecule has 0 spiro atoms. The number of carbonyl (C=O) groups excluding carboxylic acids is 1. The fourth-order valence-electron chi connectivity index (χ4n) is 2.91. The number of likely N-dealkylation sites (tertiary alicyclic amines) is 1. The monoisotopic (exact) mass is 321 g/mol. The minimum Gasteiger partial charge on any atom is -0.472 e. The van der Waals surface area contributed by atoms with E-state index in [9.17, 15) is 4.79 Å². The number of nitriles is 1. The van der Waals surface area contributed by atoms with E-state index in [-0.39, 0.29) is 18.1 Å². The number of aromatic nitrogens is 1. The number of piperidine rings is 1. The van der Waals surface area contributed by atoms with Gasteiger partial charge in [0.05, 0.1) is 18.2 Å². The molecular formula is C19H19N3O2. The number of pyridine rings is 1. The van der Waals surface area contributed by atoms with Crippen molar-refractivity contribution < 1.29 is 9.53 Å². The summed E-state index contributed by atoms with van der Waals surface area (Å²) >= 11 is 0. The van der Waals surface area contributed by atoms with Crippen LogP contribution in [0.2, 0.25) is 0 Å². The minimum atomic E-state index is -0.115. The molecular weight excluding hydrogens is 302 g/mol. The van der Waals surface area contributed by atoms with E-state index >= 15 is 0 Å². The summed E-state index contributed by atoms with van der Waals surface area (Å²) < 4.78 is 5.91. The van der Waals surface area contributed by atoms with Gasteiger partial charge in [-0.05, 0) is 38.0 Å². The number of amides is 1. The molecule has 0 N–H and O–H groups in total. The van der Waals surface area contributed by atoms with Crippen molar-refractivity contribution in [1.82, 2.24) is 9.88 Å². The van der Waals surface area contributed by atoms with Crippen molar-refractivity contribution in [3.05, 3.63) is 59.8 Å². The van der Waals surface area contributed by atoms with Crippen LogP contribution in [0.3, 0.4) is 0 Å². The molecule has 1 amide bonds. The van der Waals surface area contributed by atoms with Crippen LogP contribution in [0.15, 0.2) is 48.7 Å². The third kappa shape index (κ3) is 3.54. The predicted molar refractivity (Wildman–Crippen MR) is 89.5 cm³/mol. The lowest BCUT2D eigenvalue weighted by Crippen LogP contribution is -2.49. The van der Waals surface area contributed by atoms with E-state index in [1.54, 1.807) is 18.3 Å². The van der Waals surface area contributed by atoms with Gasteiger partial charge in [-0.2, -0.15) is 5.26 Å². The maximum absolute atomic E-state index is 12.7. The Morgan fingerprint density at radius 3 is 2.83 bits per heavy atom. The highest BCUT2D eigenvalue weighted by molar-refractivity contribution is 5.94. The second-order valence-electron chi connectivity index (χ2n) is 5.98. The molecule has 1 aromatic carbocycles. The smallest absolute Gasteiger partial charge is 0.254 e. The molecule has 5 heteroatoms. The summed E-state index contributed by atoms with van der Waals surface area (Å²) in [5.74, 6) is 0.454. The predicted octanol–water partition coefficient (Wildman–Crippen LogP) is 3.03. The van der Waals surface area contributed by atoms with Gasteiger partial charge in [0.1, 0.15) is 6.10 Å². The van der Waals surface area contributed by atoms with Gasteiger partial charge in [-0.15, -0.1) is 0 Å². The van der Waals surface area contributed by atoms with Gasteiger partial charge in [-0.25, -0.2) is 4.98 Å². The zero-order valence-corrected chi connectivity index (χ0v) is 13.6. The Balaban J connectivity index is 1.71. The Kier molecular flexibility index (Phi) is 4.76. The molecule has 24 heavy (non-hydrogen) atoms. The molecule has 0 unspecified atom stereocenters. The van der Waals surface area contributed by atoms with Gasteiger partial charge in [-0.1, -0.05) is 18.2 Å². The van der Waals surface area contributed by atoms with Crippen molar-refractivity contribution in [1.29, 1.82) is 5.26 Å². The number of carbonyl (C=O) groups is 1. The normalized spacial score (nSPS) is 20.2. The topological polar surface area (TPSA) is 66.2 Å². The van der Waals surface area contributed by atoms with E-state index in [1.165, 1.54) is 0 Å². The van der Waals surface area contributed by atoms with E-state index in [0.29, 0.717) is 23.6 Å². The van der Waals surface area contributed by atoms with Gasteiger partial charge in [-0.3, -0.25) is 4.79 Å². The number of benzene rings is 1. The lowest BCUT2D eigenvalue weighted by atomic mass is 10.00. The zero-order chi connectivity index (χ0) is 16.9. The zero-order valence-electron chi connectivity index (χ0n) is 13.6. The van der Waals surface area contributed by atoms with Crippen LogP contribution in [0.5, 0.6) is 5.88 Å². The van der Waals surface area contributed by atoms with E-state index in [2.05, 4.69) is 18.0 Å². The molecule has 2 aromatic rings. The number of rotatable bonds is 3. The first-order valence-electron chi connectivity index (χ1n) is 8.06. The van der Waals surface area contributed by atoms with E-state index in [4.69, 9.17) is 10.00 Å². The summed E-state index contributed by atoms with van der Waals surface area (Å²) in [7, 11) is 0. The maximum atomic E-state index is 12.7. The molecule has 1 aromatic heterocycles. The molecule has 0 bridgehead atoms. The molecule has 1 saturated heterocycles. The number of hydrogen-bond donors (Lipinski definition) is 0. The average molecular weight is 321 g/mol. The van der Waals surface area contributed by atoms with Gasteiger partial charge in [0.25, 0.3) is 5.91 Å². The summed E-state index contributed by atoms with van der Waals surface area (Å²) in [6.45, 7) is 2.58. The maximum Gasteiger partial charge on any atom is 0.254 e. The van der Waals surface area contributed by atoms with Crippen molar-refractivity contribution >= 4 is 5.91 Å². The minimum absolute atomic E-state index is 0.0233. The van der Waals surface area contributed by atoms with E-state index in [0.717, 1.165) is 12.8 Å². The Morgan fingerprint density at radius 1 is 1.29 bits per heavy atom. The van der Waals surface area contributed by atoms with Gasteiger partial charge in [0, 0.05) is 23.9 Å². The summed E-state index contributed by atoms with van der Waals surface area (Å²) in [4.78, 5) is 18.7. The molecule has 1 aliphatic heterocycles. The quantitative estimate of drug-likeness (QED) is 0.871. The Bertz CT molecular complexity index is 755. The first kappa shape index (κ1) is 16.0. The van der Waals surface area contributed by atoms with Crippen molar-refractivity contribution in [3.63, 3.8) is 0 Å². The highest BCUT2D eigenvalue weighted by Gasteiger charge is 2.30. The number of ether oxygens (including phenoxy) is 1. The first-order chi connectivity index (χ1) is 11.7. The Hall–Kier alpha value is -2.87. The third-order valence-electron chi connectivity index (χ3n) is 4.27. The lowest BCUT2D eigenvalue weighted by molar-refractivity contribution is 0.0373. The van der Waals surface area contributed by atoms with Crippen LogP contribution in [0.1, 0.15) is 35.7 Å². The number of nitrogens with zero attached hydrogens (tertiary/aromatic N) is 3. The van der Waals surface area contributed by atoms with Crippen LogP contribution in [-0.4, -0.2) is 34.5 Å². The first-order valence-corrected chi connectivity index (χ1v) is 8.06. The Morgan fingerprint density at radius 2 is 2.08 bits per heavy atom. The molecule has 1 aliphatic rings. The summed E-state index contributed by atoms with van der Waals surface area (Å²) in [6, 6.07) is 14.8. The molecule has 0 saturated carbocycles. The van der Waals surface area contributed by atoms with Crippen molar-refractivity contribution in [2.75, 3.05) is 6.54 Å². The van der Waals surface area contributed by atoms with Crippen LogP contribution < -0.4 is 4.74 Å². The summed E-state index contributed by atoms with van der Waals surface area (Å²) in [5, 5.41) is 8.96. The van der Waals surface area contributed by atoms with Gasteiger partial charge in [0.15, 0.2) is 0 Å². The average Bonchev–Trinajstić information content (AvgIpc) is 2.63. The van der Waals surface area contributed by atoms with Gasteiger partial charge < -0.3 is 9.64 Å². The van der Waals surface area contributed by atoms with Crippen molar-refractivity contribution in [2.45, 2.75) is 31.9 Å². The van der Waals surface area contributed by atoms with Crippen molar-refractivity contribution in [3.8, 4) is 11.9 Å². The van der Waals surface area contributed by atoms with Crippen LogP contribution in [-0.2, 0) is 0 Å². The molecule has 0 radical (unpaired) electrons. The second-order valence-corrected chi connectivity index (χ2v) is 5.98. The molecule has 5 nitrogen and oxygen atoms in total. The lowest BCUT2D eigenvalue weighted by Gasteiger charge is -2.37. The standard InChI is InChI=1S/C19H19N3O2/c1-14-7-8-17(24-18-11-15(12-20)9-10-21-18)13-22(14)19(23)16-5-3-2-4-6-16/h2-6,9-11,14,17H,7-8,13H2,1H3/t14-,17-/m0/s1. The van der Waals surface area contributed by atoms with Gasteiger partial charge in [0.2, 0.25) is 5.88 Å². The van der Waals surface area contributed by atoms with E-state index < -0.39 is 0 Å². The van der Waals surface area contributed by atoms with Gasteiger partial charge >= 0.3 is 0 Å². The van der Waals surface area contributed by atoms with Crippen LogP contribution >= 0.6 is 0 Å².